The molecule has 1 aromatic carbocycles. The molecule has 19 heavy (non-hydrogen) atoms. The van der Waals surface area contributed by atoms with Crippen molar-refractivity contribution in [1.82, 2.24) is 0 Å². The highest BCUT2D eigenvalue weighted by Gasteiger charge is 2.11. The summed E-state index contributed by atoms with van der Waals surface area (Å²) in [6.07, 6.45) is 0.855. The maximum absolute atomic E-state index is 11.7. The van der Waals surface area contributed by atoms with E-state index < -0.39 is 5.97 Å². The van der Waals surface area contributed by atoms with E-state index in [1.807, 2.05) is 6.92 Å². The summed E-state index contributed by atoms with van der Waals surface area (Å²) in [5.74, 6) is -1.30. The molecule has 0 aromatic heterocycles. The Morgan fingerprint density at radius 2 is 2.16 bits per heavy atom. The maximum atomic E-state index is 11.7. The van der Waals surface area contributed by atoms with Crippen LogP contribution in [0.3, 0.4) is 0 Å². The molecule has 0 fully saturated rings. The number of hydrogen-bond acceptors (Lipinski definition) is 3. The fourth-order valence-electron chi connectivity index (χ4n) is 1.42. The molecule has 0 saturated carbocycles. The van der Waals surface area contributed by atoms with Gasteiger partial charge < -0.3 is 15.2 Å². The quantitative estimate of drug-likeness (QED) is 0.843. The molecule has 1 amide bonds. The van der Waals surface area contributed by atoms with Gasteiger partial charge in [0.15, 0.2) is 0 Å². The Labute approximate surface area is 116 Å². The Kier molecular flexibility index (Phi) is 5.79. The molecule has 0 heterocycles. The molecular formula is C13H16ClNO4. The number of carboxylic acids is 1. The van der Waals surface area contributed by atoms with Crippen LogP contribution in [-0.4, -0.2) is 30.2 Å². The molecule has 0 radical (unpaired) electrons. The molecule has 104 valence electrons. The molecule has 0 aliphatic heterocycles. The van der Waals surface area contributed by atoms with Gasteiger partial charge in [0, 0.05) is 13.5 Å². The van der Waals surface area contributed by atoms with E-state index in [0.717, 1.165) is 0 Å². The van der Waals surface area contributed by atoms with Crippen molar-refractivity contribution in [2.24, 2.45) is 0 Å². The Bertz CT molecular complexity index is 476. The highest BCUT2D eigenvalue weighted by atomic mass is 35.5. The Hall–Kier alpha value is -1.59. The van der Waals surface area contributed by atoms with E-state index in [1.54, 1.807) is 7.11 Å². The van der Waals surface area contributed by atoms with Crippen molar-refractivity contribution in [3.05, 3.63) is 28.8 Å². The summed E-state index contributed by atoms with van der Waals surface area (Å²) in [5.41, 5.74) is 0.376. The number of hydrogen-bond donors (Lipinski definition) is 2. The number of aromatic carboxylic acids is 1. The van der Waals surface area contributed by atoms with Crippen LogP contribution in [0.4, 0.5) is 5.69 Å². The fourth-order valence-corrected chi connectivity index (χ4v) is 1.58. The van der Waals surface area contributed by atoms with Crippen LogP contribution in [0.25, 0.3) is 0 Å². The zero-order valence-electron chi connectivity index (χ0n) is 10.8. The number of ether oxygens (including phenoxy) is 1. The number of carbonyl (C=O) groups is 2. The average Bonchev–Trinajstić information content (AvgIpc) is 2.38. The fraction of sp³-hybridized carbons (Fsp3) is 0.385. The van der Waals surface area contributed by atoms with E-state index in [9.17, 15) is 9.59 Å². The number of amides is 1. The van der Waals surface area contributed by atoms with Gasteiger partial charge in [0.1, 0.15) is 0 Å². The normalized spacial score (nSPS) is 11.9. The predicted molar refractivity (Wildman–Crippen MR) is 72.7 cm³/mol. The summed E-state index contributed by atoms with van der Waals surface area (Å²) in [6.45, 7) is 1.87. The van der Waals surface area contributed by atoms with Crippen molar-refractivity contribution in [3.63, 3.8) is 0 Å². The van der Waals surface area contributed by atoms with Crippen molar-refractivity contribution in [2.75, 3.05) is 12.4 Å². The molecule has 1 unspecified atom stereocenters. The second-order valence-corrected chi connectivity index (χ2v) is 4.54. The third kappa shape index (κ3) is 4.89. The van der Waals surface area contributed by atoms with Crippen LogP contribution in [0.1, 0.15) is 30.1 Å². The molecule has 2 N–H and O–H groups in total. The Morgan fingerprint density at radius 1 is 1.47 bits per heavy atom. The zero-order chi connectivity index (χ0) is 14.4. The first kappa shape index (κ1) is 15.5. The summed E-state index contributed by atoms with van der Waals surface area (Å²) < 4.78 is 5.04. The molecule has 1 rings (SSSR count). The van der Waals surface area contributed by atoms with Gasteiger partial charge in [0.05, 0.1) is 22.4 Å². The minimum absolute atomic E-state index is 0.00780. The molecule has 1 aromatic rings. The standard InChI is InChI=1S/C13H16ClNO4/c1-8(19-2)3-6-12(16)15-11-7-9(13(17)18)4-5-10(11)14/h4-5,7-8H,3,6H2,1-2H3,(H,15,16)(H,17,18). The minimum atomic E-state index is -1.07. The van der Waals surface area contributed by atoms with E-state index in [4.69, 9.17) is 21.4 Å². The summed E-state index contributed by atoms with van der Waals surface area (Å²) in [6, 6.07) is 4.16. The Balaban J connectivity index is 2.68. The van der Waals surface area contributed by atoms with Gasteiger partial charge in [-0.3, -0.25) is 4.79 Å². The Morgan fingerprint density at radius 3 is 2.74 bits per heavy atom. The highest BCUT2D eigenvalue weighted by Crippen LogP contribution is 2.23. The smallest absolute Gasteiger partial charge is 0.335 e. The molecular weight excluding hydrogens is 270 g/mol. The van der Waals surface area contributed by atoms with Crippen LogP contribution in [-0.2, 0) is 9.53 Å². The van der Waals surface area contributed by atoms with Crippen LogP contribution in [0.5, 0.6) is 0 Å². The first-order chi connectivity index (χ1) is 8.93. The summed E-state index contributed by atoms with van der Waals surface area (Å²) in [4.78, 5) is 22.5. The number of carboxylic acid groups (broad SMARTS) is 1. The van der Waals surface area contributed by atoms with Gasteiger partial charge in [0.2, 0.25) is 5.91 Å². The third-order valence-corrected chi connectivity index (χ3v) is 3.00. The number of rotatable bonds is 6. The minimum Gasteiger partial charge on any atom is -0.478 e. The molecule has 0 bridgehead atoms. The van der Waals surface area contributed by atoms with Gasteiger partial charge in [-0.25, -0.2) is 4.79 Å². The molecule has 6 heteroatoms. The van der Waals surface area contributed by atoms with Crippen molar-refractivity contribution in [3.8, 4) is 0 Å². The second kappa shape index (κ2) is 7.11. The van der Waals surface area contributed by atoms with Crippen LogP contribution in [0.2, 0.25) is 5.02 Å². The molecule has 0 aliphatic rings. The first-order valence-corrected chi connectivity index (χ1v) is 6.17. The predicted octanol–water partition coefficient (Wildman–Crippen LogP) is 2.79. The van der Waals surface area contributed by atoms with Gasteiger partial charge in [-0.1, -0.05) is 11.6 Å². The molecule has 0 spiro atoms. The topological polar surface area (TPSA) is 75.6 Å². The number of nitrogens with one attached hydrogen (secondary N) is 1. The summed E-state index contributed by atoms with van der Waals surface area (Å²) >= 11 is 5.90. The lowest BCUT2D eigenvalue weighted by Crippen LogP contribution is -2.15. The lowest BCUT2D eigenvalue weighted by Gasteiger charge is -2.10. The SMILES string of the molecule is COC(C)CCC(=O)Nc1cc(C(=O)O)ccc1Cl. The van der Waals surface area contributed by atoms with Crippen molar-refractivity contribution >= 4 is 29.2 Å². The van der Waals surface area contributed by atoms with Crippen molar-refractivity contribution < 1.29 is 19.4 Å². The number of anilines is 1. The average molecular weight is 286 g/mol. The van der Waals surface area contributed by atoms with E-state index in [0.29, 0.717) is 17.1 Å². The number of methoxy groups -OCH3 is 1. The van der Waals surface area contributed by atoms with E-state index >= 15 is 0 Å². The van der Waals surface area contributed by atoms with Crippen LogP contribution < -0.4 is 5.32 Å². The van der Waals surface area contributed by atoms with Gasteiger partial charge in [-0.2, -0.15) is 0 Å². The zero-order valence-corrected chi connectivity index (χ0v) is 11.5. The van der Waals surface area contributed by atoms with Gasteiger partial charge in [-0.05, 0) is 31.5 Å². The van der Waals surface area contributed by atoms with Crippen molar-refractivity contribution in [1.29, 1.82) is 0 Å². The number of halogens is 1. The van der Waals surface area contributed by atoms with Crippen LogP contribution >= 0.6 is 11.6 Å². The lowest BCUT2D eigenvalue weighted by molar-refractivity contribution is -0.116. The molecule has 1 atom stereocenters. The third-order valence-electron chi connectivity index (χ3n) is 2.67. The van der Waals surface area contributed by atoms with E-state index in [-0.39, 0.29) is 24.0 Å². The van der Waals surface area contributed by atoms with Crippen LogP contribution in [0.15, 0.2) is 18.2 Å². The van der Waals surface area contributed by atoms with Crippen molar-refractivity contribution in [2.45, 2.75) is 25.9 Å². The van der Waals surface area contributed by atoms with Gasteiger partial charge >= 0.3 is 5.97 Å². The summed E-state index contributed by atoms with van der Waals surface area (Å²) in [5, 5.41) is 11.8. The van der Waals surface area contributed by atoms with E-state index in [1.165, 1.54) is 18.2 Å². The number of benzene rings is 1. The van der Waals surface area contributed by atoms with Crippen LogP contribution in [0, 0.1) is 0 Å². The second-order valence-electron chi connectivity index (χ2n) is 4.13. The maximum Gasteiger partial charge on any atom is 0.335 e. The van der Waals surface area contributed by atoms with E-state index in [2.05, 4.69) is 5.32 Å². The highest BCUT2D eigenvalue weighted by molar-refractivity contribution is 6.33. The molecule has 0 saturated heterocycles. The number of carbonyl (C=O) groups excluding carboxylic acids is 1. The lowest BCUT2D eigenvalue weighted by atomic mass is 10.2. The monoisotopic (exact) mass is 285 g/mol. The first-order valence-electron chi connectivity index (χ1n) is 5.79. The molecule has 0 aliphatic carbocycles. The largest absolute Gasteiger partial charge is 0.478 e. The van der Waals surface area contributed by atoms with Gasteiger partial charge in [-0.15, -0.1) is 0 Å². The van der Waals surface area contributed by atoms with Gasteiger partial charge in [0.25, 0.3) is 0 Å². The molecule has 5 nitrogen and oxygen atoms in total. The summed E-state index contributed by atoms with van der Waals surface area (Å²) in [7, 11) is 1.58.